The molecule has 1 fully saturated rings. The third-order valence-corrected chi connectivity index (χ3v) is 9.10. The van der Waals surface area contributed by atoms with Gasteiger partial charge >= 0.3 is 0 Å². The van der Waals surface area contributed by atoms with Crippen LogP contribution in [0, 0.1) is 0 Å². The smallest absolute Gasteiger partial charge is 0.265 e. The summed E-state index contributed by atoms with van der Waals surface area (Å²) in [6.07, 6.45) is 7.18. The Morgan fingerprint density at radius 2 is 1.66 bits per heavy atom. The molecular weight excluding hydrogens is 526 g/mol. The van der Waals surface area contributed by atoms with Gasteiger partial charge in [0.1, 0.15) is 4.90 Å². The molecule has 2 aliphatic rings. The molecule has 0 spiro atoms. The molecule has 38 heavy (non-hydrogen) atoms. The number of hydrogen-bond donors (Lipinski definition) is 1. The second kappa shape index (κ2) is 13.1. The van der Waals surface area contributed by atoms with Crippen LogP contribution in [0.25, 0.3) is 0 Å². The number of nitrogens with one attached hydrogen (secondary N) is 1. The van der Waals surface area contributed by atoms with Crippen LogP contribution in [0.5, 0.6) is 0 Å². The van der Waals surface area contributed by atoms with Crippen LogP contribution < -0.4 is 9.62 Å². The summed E-state index contributed by atoms with van der Waals surface area (Å²) >= 11 is 6.07. The normalized spacial score (nSPS) is 18.6. The molecule has 2 amide bonds. The molecule has 0 saturated carbocycles. The summed E-state index contributed by atoms with van der Waals surface area (Å²) in [5, 5.41) is 0.0366. The minimum Gasteiger partial charge on any atom is -0.381 e. The maximum Gasteiger partial charge on any atom is 0.265 e. The quantitative estimate of drug-likeness (QED) is 0.578. The molecule has 0 bridgehead atoms. The summed E-state index contributed by atoms with van der Waals surface area (Å²) in [5.41, 5.74) is 1.80. The highest BCUT2D eigenvalue weighted by atomic mass is 35.5. The molecule has 1 saturated heterocycles. The lowest BCUT2D eigenvalue weighted by molar-refractivity contribution is -0.116. The first-order chi connectivity index (χ1) is 18.3. The first-order valence-electron chi connectivity index (χ1n) is 13.3. The molecule has 1 N–H and O–H groups in total. The average Bonchev–Trinajstić information content (AvgIpc) is 2.89. The molecule has 2 aliphatic heterocycles. The fraction of sp³-hybridized carbons (Fsp3) is 0.500. The van der Waals surface area contributed by atoms with Crippen molar-refractivity contribution >= 4 is 39.1 Å². The van der Waals surface area contributed by atoms with Crippen molar-refractivity contribution in [3.8, 4) is 0 Å². The van der Waals surface area contributed by atoms with Gasteiger partial charge in [-0.15, -0.1) is 0 Å². The molecule has 0 unspecified atom stereocenters. The van der Waals surface area contributed by atoms with Crippen molar-refractivity contribution in [2.45, 2.75) is 69.4 Å². The van der Waals surface area contributed by atoms with E-state index < -0.39 is 15.9 Å². The fourth-order valence-electron chi connectivity index (χ4n) is 5.24. The topological polar surface area (TPSA) is 96.0 Å². The molecule has 2 aromatic rings. The Morgan fingerprint density at radius 3 is 2.37 bits per heavy atom. The molecule has 8 nitrogen and oxygen atoms in total. The maximum absolute atomic E-state index is 13.2. The first kappa shape index (κ1) is 28.5. The highest BCUT2D eigenvalue weighted by Gasteiger charge is 2.26. The molecule has 0 atom stereocenters. The number of ether oxygens (including phenoxy) is 1. The van der Waals surface area contributed by atoms with Gasteiger partial charge in [0.05, 0.1) is 5.02 Å². The summed E-state index contributed by atoms with van der Waals surface area (Å²) < 4.78 is 33.5. The van der Waals surface area contributed by atoms with E-state index in [1.54, 1.807) is 42.2 Å². The van der Waals surface area contributed by atoms with E-state index in [-0.39, 0.29) is 21.4 Å². The molecule has 0 radical (unpaired) electrons. The van der Waals surface area contributed by atoms with Gasteiger partial charge in [0.2, 0.25) is 5.91 Å². The van der Waals surface area contributed by atoms with Gasteiger partial charge in [-0.2, -0.15) is 0 Å². The lowest BCUT2D eigenvalue weighted by atomic mass is 10.0. The summed E-state index contributed by atoms with van der Waals surface area (Å²) in [6.45, 7) is 5.07. The van der Waals surface area contributed by atoms with E-state index in [9.17, 15) is 18.0 Å². The lowest BCUT2D eigenvalue weighted by Gasteiger charge is -2.36. The number of sulfonamides is 1. The zero-order valence-electron chi connectivity index (χ0n) is 21.8. The van der Waals surface area contributed by atoms with Crippen LogP contribution in [-0.4, -0.2) is 57.5 Å². The zero-order chi connectivity index (χ0) is 27.1. The number of fused-ring (bicyclic) bond motifs is 1. The number of carbonyl (C=O) groups is 2. The van der Waals surface area contributed by atoms with Crippen molar-refractivity contribution in [3.63, 3.8) is 0 Å². The second-order valence-electron chi connectivity index (χ2n) is 9.96. The third kappa shape index (κ3) is 7.14. The van der Waals surface area contributed by atoms with Crippen LogP contribution in [0.1, 0.15) is 67.8 Å². The Hall–Kier alpha value is -2.46. The predicted octanol–water partition coefficient (Wildman–Crippen LogP) is 4.76. The first-order valence-corrected chi connectivity index (χ1v) is 15.2. The van der Waals surface area contributed by atoms with Gasteiger partial charge < -0.3 is 9.64 Å². The van der Waals surface area contributed by atoms with Gasteiger partial charge in [-0.3, -0.25) is 14.5 Å². The van der Waals surface area contributed by atoms with Crippen molar-refractivity contribution in [1.82, 2.24) is 9.62 Å². The molecule has 2 heterocycles. The SMILES string of the molecule is CC(=O)N1CCCCCCCN(C2CCOCC2)Cc2cc(C(=O)NS(=O)(=O)c3ccccc3Cl)ccc21. The van der Waals surface area contributed by atoms with E-state index in [1.807, 2.05) is 0 Å². The number of halogens is 1. The highest BCUT2D eigenvalue weighted by molar-refractivity contribution is 7.90. The van der Waals surface area contributed by atoms with E-state index >= 15 is 0 Å². The number of benzene rings is 2. The molecular formula is C28H36ClN3O5S. The highest BCUT2D eigenvalue weighted by Crippen LogP contribution is 2.29. The van der Waals surface area contributed by atoms with Gasteiger partial charge in [-0.05, 0) is 68.1 Å². The van der Waals surface area contributed by atoms with E-state index in [1.165, 1.54) is 12.1 Å². The molecule has 206 valence electrons. The minimum absolute atomic E-state index is 0.0366. The number of amides is 2. The number of nitrogens with zero attached hydrogens (tertiary/aromatic N) is 2. The summed E-state index contributed by atoms with van der Waals surface area (Å²) in [7, 11) is -4.16. The lowest BCUT2D eigenvalue weighted by Crippen LogP contribution is -2.40. The maximum atomic E-state index is 13.2. The Balaban J connectivity index is 1.68. The largest absolute Gasteiger partial charge is 0.381 e. The van der Waals surface area contributed by atoms with Crippen LogP contribution in [0.2, 0.25) is 5.02 Å². The minimum atomic E-state index is -4.16. The monoisotopic (exact) mass is 561 g/mol. The number of carbonyl (C=O) groups excluding carboxylic acids is 2. The van der Waals surface area contributed by atoms with Crippen LogP contribution in [0.4, 0.5) is 5.69 Å². The standard InChI is InChI=1S/C28H36ClN3O5S/c1-21(33)32-16-8-4-2-3-7-15-31(24-13-17-37-18-14-24)20-23-19-22(11-12-26(23)32)28(34)30-38(35,36)27-10-6-5-9-25(27)29/h5-6,9-12,19,24H,2-4,7-8,13-18,20H2,1H3,(H,30,34). The van der Waals surface area contributed by atoms with E-state index in [0.717, 1.165) is 76.0 Å². The van der Waals surface area contributed by atoms with Crippen LogP contribution in [0.3, 0.4) is 0 Å². The predicted molar refractivity (Wildman–Crippen MR) is 148 cm³/mol. The number of hydrogen-bond acceptors (Lipinski definition) is 6. The van der Waals surface area contributed by atoms with Crippen LogP contribution >= 0.6 is 11.6 Å². The Bertz CT molecular complexity index is 1250. The fourth-order valence-corrected chi connectivity index (χ4v) is 6.73. The number of anilines is 1. The average molecular weight is 562 g/mol. The van der Waals surface area contributed by atoms with Gasteiger partial charge in [0.25, 0.3) is 15.9 Å². The number of rotatable bonds is 4. The van der Waals surface area contributed by atoms with E-state index in [4.69, 9.17) is 16.3 Å². The van der Waals surface area contributed by atoms with Crippen molar-refractivity contribution in [2.75, 3.05) is 31.2 Å². The summed E-state index contributed by atoms with van der Waals surface area (Å²) in [5.74, 6) is -0.801. The van der Waals surface area contributed by atoms with Crippen molar-refractivity contribution in [2.24, 2.45) is 0 Å². The third-order valence-electron chi connectivity index (χ3n) is 7.27. The van der Waals surface area contributed by atoms with E-state index in [2.05, 4.69) is 9.62 Å². The van der Waals surface area contributed by atoms with Crippen LogP contribution in [0.15, 0.2) is 47.4 Å². The van der Waals surface area contributed by atoms with Crippen molar-refractivity contribution in [3.05, 3.63) is 58.6 Å². The van der Waals surface area contributed by atoms with E-state index in [0.29, 0.717) is 19.1 Å². The van der Waals surface area contributed by atoms with Gasteiger partial charge in [0.15, 0.2) is 0 Å². The van der Waals surface area contributed by atoms with Crippen LogP contribution in [-0.2, 0) is 26.1 Å². The molecule has 10 heteroatoms. The second-order valence-corrected chi connectivity index (χ2v) is 12.0. The van der Waals surface area contributed by atoms with Gasteiger partial charge in [-0.25, -0.2) is 13.1 Å². The molecule has 0 aromatic heterocycles. The Morgan fingerprint density at radius 1 is 0.974 bits per heavy atom. The molecule has 0 aliphatic carbocycles. The summed E-state index contributed by atoms with van der Waals surface area (Å²) in [6, 6.07) is 11.4. The molecule has 4 rings (SSSR count). The van der Waals surface area contributed by atoms with Crippen molar-refractivity contribution < 1.29 is 22.7 Å². The van der Waals surface area contributed by atoms with Gasteiger partial charge in [0, 0.05) is 50.5 Å². The Kier molecular flexibility index (Phi) is 9.81. The summed E-state index contributed by atoms with van der Waals surface area (Å²) in [4.78, 5) is 29.9. The van der Waals surface area contributed by atoms with Crippen molar-refractivity contribution in [1.29, 1.82) is 0 Å². The zero-order valence-corrected chi connectivity index (χ0v) is 23.4. The Labute approximate surface area is 230 Å². The molecule has 2 aromatic carbocycles. The van der Waals surface area contributed by atoms with Gasteiger partial charge in [-0.1, -0.05) is 43.0 Å².